The molecule has 0 radical (unpaired) electrons. The average Bonchev–Trinajstić information content (AvgIpc) is 3.34. The molecule has 1 amide bonds. The van der Waals surface area contributed by atoms with Crippen LogP contribution in [-0.2, 0) is 4.74 Å². The van der Waals surface area contributed by atoms with Crippen molar-refractivity contribution in [2.24, 2.45) is 0 Å². The predicted molar refractivity (Wildman–Crippen MR) is 114 cm³/mol. The van der Waals surface area contributed by atoms with Crippen LogP contribution < -0.4 is 10.2 Å². The largest absolute Gasteiger partial charge is 0.378 e. The SMILES string of the molecule is O=C(Nc1cc2nc(-c3nncs3)ccc2cn1)c1ccnc(N2CCOCC2)c1. The van der Waals surface area contributed by atoms with Crippen LogP contribution in [0.2, 0.25) is 0 Å². The number of pyridine rings is 3. The minimum absolute atomic E-state index is 0.251. The number of carbonyl (C=O) groups excluding carboxylic acids is 1. The Morgan fingerprint density at radius 2 is 2.03 bits per heavy atom. The number of hydrogen-bond acceptors (Lipinski definition) is 9. The van der Waals surface area contributed by atoms with E-state index >= 15 is 0 Å². The van der Waals surface area contributed by atoms with Crippen LogP contribution in [0.25, 0.3) is 21.6 Å². The van der Waals surface area contributed by atoms with Crippen molar-refractivity contribution >= 4 is 39.8 Å². The van der Waals surface area contributed by atoms with E-state index < -0.39 is 0 Å². The molecule has 5 heterocycles. The maximum Gasteiger partial charge on any atom is 0.257 e. The molecule has 5 rings (SSSR count). The van der Waals surface area contributed by atoms with E-state index in [2.05, 4.69) is 35.4 Å². The first-order valence-corrected chi connectivity index (χ1v) is 10.3. The average molecular weight is 419 g/mol. The normalized spacial score (nSPS) is 14.1. The van der Waals surface area contributed by atoms with Gasteiger partial charge in [0.15, 0.2) is 5.01 Å². The molecule has 0 unspecified atom stereocenters. The van der Waals surface area contributed by atoms with Crippen molar-refractivity contribution < 1.29 is 9.53 Å². The molecule has 1 saturated heterocycles. The highest BCUT2D eigenvalue weighted by atomic mass is 32.1. The summed E-state index contributed by atoms with van der Waals surface area (Å²) in [6.07, 6.45) is 3.33. The van der Waals surface area contributed by atoms with Gasteiger partial charge in [-0.25, -0.2) is 15.0 Å². The molecule has 0 spiro atoms. The van der Waals surface area contributed by atoms with Gasteiger partial charge in [-0.2, -0.15) is 0 Å². The number of ether oxygens (including phenoxy) is 1. The fraction of sp³-hybridized carbons (Fsp3) is 0.200. The molecule has 1 fully saturated rings. The number of rotatable bonds is 4. The zero-order valence-corrected chi connectivity index (χ0v) is 16.7. The van der Waals surface area contributed by atoms with E-state index in [-0.39, 0.29) is 5.91 Å². The molecule has 0 bridgehead atoms. The lowest BCUT2D eigenvalue weighted by Gasteiger charge is -2.27. The quantitative estimate of drug-likeness (QED) is 0.538. The Bertz CT molecular complexity index is 1190. The van der Waals surface area contributed by atoms with Crippen LogP contribution in [-0.4, -0.2) is 57.4 Å². The first kappa shape index (κ1) is 18.5. The monoisotopic (exact) mass is 419 g/mol. The standard InChI is InChI=1S/C20H17N7O2S/c28-19(13-3-4-21-18(9-13)27-5-7-29-8-6-27)25-17-10-16-14(11-22-17)1-2-15(24-16)20-26-23-12-30-20/h1-4,9-12H,5-8H2,(H,22,25,28). The summed E-state index contributed by atoms with van der Waals surface area (Å²) in [7, 11) is 0. The molecule has 10 heteroatoms. The molecule has 0 saturated carbocycles. The van der Waals surface area contributed by atoms with Crippen molar-refractivity contribution in [3.05, 3.63) is 53.8 Å². The topological polar surface area (TPSA) is 106 Å². The lowest BCUT2D eigenvalue weighted by molar-refractivity contribution is 0.102. The Balaban J connectivity index is 1.37. The highest BCUT2D eigenvalue weighted by molar-refractivity contribution is 7.12. The maximum atomic E-state index is 12.8. The summed E-state index contributed by atoms with van der Waals surface area (Å²) in [5, 5.41) is 12.4. The number of fused-ring (bicyclic) bond motifs is 1. The summed E-state index contributed by atoms with van der Waals surface area (Å²) in [6, 6.07) is 9.03. The summed E-state index contributed by atoms with van der Waals surface area (Å²) < 4.78 is 5.38. The molecule has 4 aromatic rings. The lowest BCUT2D eigenvalue weighted by Crippen LogP contribution is -2.36. The number of nitrogens with one attached hydrogen (secondary N) is 1. The van der Waals surface area contributed by atoms with Crippen molar-refractivity contribution in [2.75, 3.05) is 36.5 Å². The minimum Gasteiger partial charge on any atom is -0.378 e. The fourth-order valence-electron chi connectivity index (χ4n) is 3.20. The van der Waals surface area contributed by atoms with Crippen molar-refractivity contribution in [3.8, 4) is 10.7 Å². The second-order valence-corrected chi connectivity index (χ2v) is 7.49. The van der Waals surface area contributed by atoms with Gasteiger partial charge in [-0.1, -0.05) is 11.3 Å². The van der Waals surface area contributed by atoms with E-state index in [1.165, 1.54) is 11.3 Å². The van der Waals surface area contributed by atoms with Gasteiger partial charge < -0.3 is 15.0 Å². The van der Waals surface area contributed by atoms with Gasteiger partial charge in [0.2, 0.25) is 0 Å². The Kier molecular flexibility index (Phi) is 4.99. The van der Waals surface area contributed by atoms with Gasteiger partial charge >= 0.3 is 0 Å². The highest BCUT2D eigenvalue weighted by Crippen LogP contribution is 2.23. The zero-order chi connectivity index (χ0) is 20.3. The Morgan fingerprint density at radius 3 is 2.87 bits per heavy atom. The van der Waals surface area contributed by atoms with Gasteiger partial charge in [0.1, 0.15) is 22.8 Å². The number of amides is 1. The molecule has 1 aliphatic heterocycles. The van der Waals surface area contributed by atoms with E-state index in [4.69, 9.17) is 4.74 Å². The molecular formula is C20H17N7O2S. The summed E-state index contributed by atoms with van der Waals surface area (Å²) >= 11 is 1.42. The van der Waals surface area contributed by atoms with Crippen LogP contribution in [0.4, 0.5) is 11.6 Å². The third-order valence-electron chi connectivity index (χ3n) is 4.74. The van der Waals surface area contributed by atoms with E-state index in [1.54, 1.807) is 36.1 Å². The van der Waals surface area contributed by atoms with Gasteiger partial charge in [-0.15, -0.1) is 10.2 Å². The zero-order valence-electron chi connectivity index (χ0n) is 15.9. The maximum absolute atomic E-state index is 12.8. The predicted octanol–water partition coefficient (Wildman–Crippen LogP) is 2.63. The number of nitrogens with zero attached hydrogens (tertiary/aromatic N) is 6. The van der Waals surface area contributed by atoms with Crippen LogP contribution in [0.1, 0.15) is 10.4 Å². The number of anilines is 2. The van der Waals surface area contributed by atoms with E-state index in [9.17, 15) is 4.79 Å². The fourth-order valence-corrected chi connectivity index (χ4v) is 3.72. The lowest BCUT2D eigenvalue weighted by atomic mass is 10.2. The summed E-state index contributed by atoms with van der Waals surface area (Å²) in [5.74, 6) is 0.943. The second kappa shape index (κ2) is 8.09. The van der Waals surface area contributed by atoms with Crippen LogP contribution in [0.15, 0.2) is 48.2 Å². The third kappa shape index (κ3) is 3.82. The van der Waals surface area contributed by atoms with Gasteiger partial charge in [0.05, 0.1) is 18.7 Å². The van der Waals surface area contributed by atoms with Gasteiger partial charge in [-0.3, -0.25) is 4.79 Å². The second-order valence-electron chi connectivity index (χ2n) is 6.66. The molecule has 150 valence electrons. The number of carbonyl (C=O) groups is 1. The van der Waals surface area contributed by atoms with Crippen molar-refractivity contribution in [1.82, 2.24) is 25.1 Å². The molecule has 9 nitrogen and oxygen atoms in total. The summed E-state index contributed by atoms with van der Waals surface area (Å²) in [6.45, 7) is 2.83. The smallest absolute Gasteiger partial charge is 0.257 e. The molecule has 1 N–H and O–H groups in total. The molecule has 4 aromatic heterocycles. The Hall–Kier alpha value is -3.50. The van der Waals surface area contributed by atoms with Crippen molar-refractivity contribution in [3.63, 3.8) is 0 Å². The van der Waals surface area contributed by atoms with Gasteiger partial charge in [-0.05, 0) is 24.3 Å². The number of aromatic nitrogens is 5. The van der Waals surface area contributed by atoms with Crippen LogP contribution in [0.5, 0.6) is 0 Å². The number of hydrogen-bond donors (Lipinski definition) is 1. The minimum atomic E-state index is -0.251. The molecule has 0 aliphatic carbocycles. The summed E-state index contributed by atoms with van der Waals surface area (Å²) in [4.78, 5) is 28.2. The van der Waals surface area contributed by atoms with Crippen molar-refractivity contribution in [2.45, 2.75) is 0 Å². The molecule has 0 aromatic carbocycles. The highest BCUT2D eigenvalue weighted by Gasteiger charge is 2.15. The van der Waals surface area contributed by atoms with E-state index in [0.29, 0.717) is 24.6 Å². The van der Waals surface area contributed by atoms with Crippen molar-refractivity contribution in [1.29, 1.82) is 0 Å². The Labute approximate surface area is 175 Å². The van der Waals surface area contributed by atoms with Crippen LogP contribution >= 0.6 is 11.3 Å². The van der Waals surface area contributed by atoms with Crippen LogP contribution in [0, 0.1) is 0 Å². The molecule has 0 atom stereocenters. The van der Waals surface area contributed by atoms with E-state index in [1.807, 2.05) is 12.1 Å². The summed E-state index contributed by atoms with van der Waals surface area (Å²) in [5.41, 5.74) is 3.64. The molecule has 1 aliphatic rings. The molecule has 30 heavy (non-hydrogen) atoms. The number of morpholine rings is 1. The first-order chi connectivity index (χ1) is 14.8. The van der Waals surface area contributed by atoms with Crippen LogP contribution in [0.3, 0.4) is 0 Å². The molecular weight excluding hydrogens is 402 g/mol. The van der Waals surface area contributed by atoms with Gasteiger partial charge in [0, 0.05) is 42.5 Å². The van der Waals surface area contributed by atoms with Gasteiger partial charge in [0.25, 0.3) is 5.91 Å². The third-order valence-corrected chi connectivity index (χ3v) is 5.45. The van der Waals surface area contributed by atoms with E-state index in [0.717, 1.165) is 40.5 Å². The first-order valence-electron chi connectivity index (χ1n) is 9.40. The Morgan fingerprint density at radius 1 is 1.13 bits per heavy atom.